The van der Waals surface area contributed by atoms with E-state index in [-0.39, 0.29) is 22.4 Å². The van der Waals surface area contributed by atoms with Crippen LogP contribution in [-0.4, -0.2) is 31.9 Å². The number of para-hydroxylation sites is 2. The summed E-state index contributed by atoms with van der Waals surface area (Å²) in [7, 11) is -3.62. The van der Waals surface area contributed by atoms with E-state index in [2.05, 4.69) is 10.0 Å². The van der Waals surface area contributed by atoms with E-state index >= 15 is 0 Å². The average Bonchev–Trinajstić information content (AvgIpc) is 2.59. The van der Waals surface area contributed by atoms with E-state index in [1.807, 2.05) is 0 Å². The Kier molecular flexibility index (Phi) is 6.48. The third kappa shape index (κ3) is 5.76. The maximum atomic E-state index is 12.0. The first-order valence-corrected chi connectivity index (χ1v) is 9.46. The number of ether oxygens (including phenoxy) is 1. The highest BCUT2D eigenvalue weighted by atomic mass is 32.2. The number of sulfonamides is 1. The first-order valence-electron chi connectivity index (χ1n) is 7.97. The Morgan fingerprint density at radius 3 is 2.37 bits per heavy atom. The lowest BCUT2D eigenvalue weighted by molar-refractivity contribution is -0.385. The second kappa shape index (κ2) is 8.60. The number of anilines is 1. The van der Waals surface area contributed by atoms with Gasteiger partial charge in [-0.3, -0.25) is 14.9 Å². The molecule has 0 spiro atoms. The van der Waals surface area contributed by atoms with Gasteiger partial charge in [-0.1, -0.05) is 12.1 Å². The molecule has 0 aromatic heterocycles. The zero-order chi connectivity index (χ0) is 20.0. The van der Waals surface area contributed by atoms with Crippen molar-refractivity contribution in [3.8, 4) is 5.75 Å². The maximum absolute atomic E-state index is 12.0. The van der Waals surface area contributed by atoms with Crippen LogP contribution < -0.4 is 14.8 Å². The quantitative estimate of drug-likeness (QED) is 0.523. The maximum Gasteiger partial charge on any atom is 0.310 e. The summed E-state index contributed by atoms with van der Waals surface area (Å²) < 4.78 is 31.8. The molecule has 0 aliphatic rings. The van der Waals surface area contributed by atoms with Crippen LogP contribution in [0, 0.1) is 10.1 Å². The molecule has 144 valence electrons. The number of carbonyl (C=O) groups excluding carboxylic acids is 1. The van der Waals surface area contributed by atoms with Crippen LogP contribution in [0.2, 0.25) is 0 Å². The van der Waals surface area contributed by atoms with Crippen molar-refractivity contribution in [1.29, 1.82) is 0 Å². The van der Waals surface area contributed by atoms with Gasteiger partial charge in [-0.2, -0.15) is 0 Å². The van der Waals surface area contributed by atoms with Crippen molar-refractivity contribution in [2.75, 3.05) is 11.9 Å². The first kappa shape index (κ1) is 20.3. The van der Waals surface area contributed by atoms with Gasteiger partial charge in [-0.25, -0.2) is 13.1 Å². The van der Waals surface area contributed by atoms with E-state index in [1.165, 1.54) is 42.5 Å². The normalized spacial score (nSPS) is 11.2. The predicted molar refractivity (Wildman–Crippen MR) is 99.1 cm³/mol. The average molecular weight is 393 g/mol. The van der Waals surface area contributed by atoms with Gasteiger partial charge in [0.05, 0.1) is 9.82 Å². The molecule has 0 atom stereocenters. The summed E-state index contributed by atoms with van der Waals surface area (Å²) >= 11 is 0. The minimum atomic E-state index is -3.62. The Balaban J connectivity index is 1.98. The monoisotopic (exact) mass is 393 g/mol. The summed E-state index contributed by atoms with van der Waals surface area (Å²) in [6.07, 6.45) is 0. The fourth-order valence-corrected chi connectivity index (χ4v) is 3.42. The van der Waals surface area contributed by atoms with Crippen molar-refractivity contribution in [2.24, 2.45) is 0 Å². The third-order valence-corrected chi connectivity index (χ3v) is 4.93. The van der Waals surface area contributed by atoms with Crippen LogP contribution in [0.4, 0.5) is 11.4 Å². The lowest BCUT2D eigenvalue weighted by Crippen LogP contribution is -2.30. The highest BCUT2D eigenvalue weighted by molar-refractivity contribution is 7.89. The molecule has 0 saturated carbocycles. The molecule has 0 saturated heterocycles. The van der Waals surface area contributed by atoms with Crippen LogP contribution >= 0.6 is 0 Å². The van der Waals surface area contributed by atoms with E-state index in [1.54, 1.807) is 19.9 Å². The van der Waals surface area contributed by atoms with Crippen molar-refractivity contribution in [2.45, 2.75) is 24.8 Å². The molecule has 0 fully saturated rings. The van der Waals surface area contributed by atoms with Crippen molar-refractivity contribution < 1.29 is 22.9 Å². The minimum Gasteiger partial charge on any atom is -0.477 e. The summed E-state index contributed by atoms with van der Waals surface area (Å²) in [5.74, 6) is -0.553. The molecule has 0 radical (unpaired) electrons. The van der Waals surface area contributed by atoms with Gasteiger partial charge in [0.1, 0.15) is 0 Å². The van der Waals surface area contributed by atoms with Crippen LogP contribution in [0.15, 0.2) is 53.4 Å². The number of nitro groups is 1. The Hall–Kier alpha value is -2.98. The summed E-state index contributed by atoms with van der Waals surface area (Å²) in [5, 5.41) is 13.4. The van der Waals surface area contributed by atoms with Gasteiger partial charge in [0.15, 0.2) is 12.4 Å². The van der Waals surface area contributed by atoms with Crippen LogP contribution in [0.3, 0.4) is 0 Å². The largest absolute Gasteiger partial charge is 0.477 e. The van der Waals surface area contributed by atoms with Gasteiger partial charge in [0.25, 0.3) is 5.91 Å². The molecule has 0 unspecified atom stereocenters. The van der Waals surface area contributed by atoms with Gasteiger partial charge < -0.3 is 10.1 Å². The Bertz CT molecular complexity index is 926. The molecule has 1 amide bonds. The predicted octanol–water partition coefficient (Wildman–Crippen LogP) is 2.30. The zero-order valence-electron chi connectivity index (χ0n) is 14.7. The number of hydrogen-bond acceptors (Lipinski definition) is 6. The Morgan fingerprint density at radius 2 is 1.78 bits per heavy atom. The van der Waals surface area contributed by atoms with Crippen molar-refractivity contribution in [1.82, 2.24) is 4.72 Å². The number of nitro benzene ring substituents is 1. The number of carbonyl (C=O) groups is 1. The molecule has 2 N–H and O–H groups in total. The number of hydrogen-bond donors (Lipinski definition) is 2. The molecule has 0 heterocycles. The standard InChI is InChI=1S/C17H19N3O6S/c1-12(2)19-27(24,25)14-9-7-13(8-10-14)18-17(21)11-26-16-6-4-3-5-15(16)20(22)23/h3-10,12,19H,11H2,1-2H3,(H,18,21). The summed E-state index contributed by atoms with van der Waals surface area (Å²) in [6, 6.07) is 11.1. The molecule has 2 aromatic rings. The van der Waals surface area contributed by atoms with Gasteiger partial charge in [0, 0.05) is 17.8 Å². The number of rotatable bonds is 8. The molecular formula is C17H19N3O6S. The van der Waals surface area contributed by atoms with Crippen LogP contribution in [-0.2, 0) is 14.8 Å². The second-order valence-corrected chi connectivity index (χ2v) is 7.58. The van der Waals surface area contributed by atoms with Crippen LogP contribution in [0.5, 0.6) is 5.75 Å². The van der Waals surface area contributed by atoms with Gasteiger partial charge in [-0.15, -0.1) is 0 Å². The Morgan fingerprint density at radius 1 is 1.15 bits per heavy atom. The summed E-state index contributed by atoms with van der Waals surface area (Å²) in [6.45, 7) is 2.99. The number of benzene rings is 2. The molecule has 27 heavy (non-hydrogen) atoms. The number of nitrogens with zero attached hydrogens (tertiary/aromatic N) is 1. The SMILES string of the molecule is CC(C)NS(=O)(=O)c1ccc(NC(=O)COc2ccccc2[N+](=O)[O-])cc1. The van der Waals surface area contributed by atoms with E-state index < -0.39 is 27.5 Å². The molecule has 0 aliphatic heterocycles. The van der Waals surface area contributed by atoms with Crippen LogP contribution in [0.25, 0.3) is 0 Å². The molecule has 2 rings (SSSR count). The smallest absolute Gasteiger partial charge is 0.310 e. The fraction of sp³-hybridized carbons (Fsp3) is 0.235. The van der Waals surface area contributed by atoms with E-state index in [0.717, 1.165) is 0 Å². The first-order chi connectivity index (χ1) is 12.7. The van der Waals surface area contributed by atoms with E-state index in [0.29, 0.717) is 5.69 Å². The molecule has 0 bridgehead atoms. The van der Waals surface area contributed by atoms with Gasteiger partial charge in [-0.05, 0) is 44.2 Å². The van der Waals surface area contributed by atoms with Crippen molar-refractivity contribution in [3.05, 3.63) is 58.6 Å². The number of amides is 1. The lowest BCUT2D eigenvalue weighted by atomic mass is 10.3. The van der Waals surface area contributed by atoms with Crippen molar-refractivity contribution >= 4 is 27.3 Å². The fourth-order valence-electron chi connectivity index (χ4n) is 2.17. The van der Waals surface area contributed by atoms with E-state index in [4.69, 9.17) is 4.74 Å². The number of nitrogens with one attached hydrogen (secondary N) is 2. The van der Waals surface area contributed by atoms with E-state index in [9.17, 15) is 23.3 Å². The molecule has 9 nitrogen and oxygen atoms in total. The highest BCUT2D eigenvalue weighted by Crippen LogP contribution is 2.25. The third-order valence-electron chi connectivity index (χ3n) is 3.26. The topological polar surface area (TPSA) is 128 Å². The minimum absolute atomic E-state index is 0.0150. The highest BCUT2D eigenvalue weighted by Gasteiger charge is 2.16. The molecule has 10 heteroatoms. The van der Waals surface area contributed by atoms with Crippen molar-refractivity contribution in [3.63, 3.8) is 0 Å². The van der Waals surface area contributed by atoms with Crippen LogP contribution in [0.1, 0.15) is 13.8 Å². The molecular weight excluding hydrogens is 374 g/mol. The lowest BCUT2D eigenvalue weighted by Gasteiger charge is -2.11. The summed E-state index contributed by atoms with van der Waals surface area (Å²) in [4.78, 5) is 22.3. The molecule has 0 aliphatic carbocycles. The second-order valence-electron chi connectivity index (χ2n) is 5.86. The molecule has 2 aromatic carbocycles. The van der Waals surface area contributed by atoms with Gasteiger partial charge in [0.2, 0.25) is 10.0 Å². The van der Waals surface area contributed by atoms with Gasteiger partial charge >= 0.3 is 5.69 Å². The zero-order valence-corrected chi connectivity index (χ0v) is 15.5. The Labute approximate surface area is 156 Å². The summed E-state index contributed by atoms with van der Waals surface area (Å²) in [5.41, 5.74) is 0.132.